The van der Waals surface area contributed by atoms with E-state index in [0.29, 0.717) is 5.58 Å². The van der Waals surface area contributed by atoms with Crippen LogP contribution in [0.5, 0.6) is 5.75 Å². The van der Waals surface area contributed by atoms with Gasteiger partial charge in [0.2, 0.25) is 0 Å². The molecule has 0 saturated heterocycles. The summed E-state index contributed by atoms with van der Waals surface area (Å²) in [6, 6.07) is 25.2. The molecular weight excluding hydrogens is 312 g/mol. The third kappa shape index (κ3) is 2.92. The first kappa shape index (κ1) is 15.2. The average Bonchev–Trinajstić information content (AvgIpc) is 2.68. The minimum Gasteiger partial charge on any atom is -0.497 e. The van der Waals surface area contributed by atoms with Gasteiger partial charge >= 0.3 is 5.63 Å². The first-order valence-electron chi connectivity index (χ1n) is 8.02. The Labute approximate surface area is 145 Å². The summed E-state index contributed by atoms with van der Waals surface area (Å²) in [4.78, 5) is 11.9. The molecule has 0 bridgehead atoms. The fourth-order valence-corrected chi connectivity index (χ4v) is 2.98. The maximum Gasteiger partial charge on any atom is 0.336 e. The van der Waals surface area contributed by atoms with E-state index in [2.05, 4.69) is 6.07 Å². The molecule has 0 amide bonds. The molecule has 0 spiro atoms. The molecule has 0 N–H and O–H groups in total. The van der Waals surface area contributed by atoms with Gasteiger partial charge in [0.25, 0.3) is 0 Å². The van der Waals surface area contributed by atoms with Crippen molar-refractivity contribution in [2.45, 2.75) is 0 Å². The third-order valence-electron chi connectivity index (χ3n) is 4.25. The zero-order valence-electron chi connectivity index (χ0n) is 13.7. The number of fused-ring (bicyclic) bond motifs is 1. The van der Waals surface area contributed by atoms with Crippen LogP contribution in [0.2, 0.25) is 0 Å². The highest BCUT2D eigenvalue weighted by atomic mass is 16.5. The molecule has 122 valence electrons. The predicted molar refractivity (Wildman–Crippen MR) is 99.9 cm³/mol. The summed E-state index contributed by atoms with van der Waals surface area (Å²) >= 11 is 0. The monoisotopic (exact) mass is 328 g/mol. The van der Waals surface area contributed by atoms with E-state index < -0.39 is 0 Å². The zero-order chi connectivity index (χ0) is 17.2. The van der Waals surface area contributed by atoms with Crippen LogP contribution < -0.4 is 10.4 Å². The molecule has 0 aliphatic rings. The van der Waals surface area contributed by atoms with Gasteiger partial charge in [0, 0.05) is 11.5 Å². The lowest BCUT2D eigenvalue weighted by Crippen LogP contribution is -1.98. The molecule has 4 rings (SSSR count). The quantitative estimate of drug-likeness (QED) is 0.489. The highest BCUT2D eigenvalue weighted by Crippen LogP contribution is 2.31. The molecular formula is C22H16O3. The number of benzene rings is 3. The van der Waals surface area contributed by atoms with Gasteiger partial charge in [-0.2, -0.15) is 0 Å². The fourth-order valence-electron chi connectivity index (χ4n) is 2.98. The Kier molecular flexibility index (Phi) is 3.82. The zero-order valence-corrected chi connectivity index (χ0v) is 13.7. The molecule has 3 nitrogen and oxygen atoms in total. The molecule has 3 heteroatoms. The van der Waals surface area contributed by atoms with Gasteiger partial charge in [0.05, 0.1) is 7.11 Å². The molecule has 4 aromatic rings. The van der Waals surface area contributed by atoms with Gasteiger partial charge in [-0.1, -0.05) is 48.5 Å². The Morgan fingerprint density at radius 2 is 1.48 bits per heavy atom. The van der Waals surface area contributed by atoms with Crippen molar-refractivity contribution in [3.8, 4) is 28.0 Å². The van der Waals surface area contributed by atoms with Crippen molar-refractivity contribution in [2.75, 3.05) is 7.11 Å². The summed E-state index contributed by atoms with van der Waals surface area (Å²) in [5.41, 5.74) is 4.25. The number of methoxy groups -OCH3 is 1. The summed E-state index contributed by atoms with van der Waals surface area (Å²) in [6.45, 7) is 0. The predicted octanol–water partition coefficient (Wildman–Crippen LogP) is 5.14. The molecule has 1 heterocycles. The van der Waals surface area contributed by atoms with Gasteiger partial charge in [0.15, 0.2) is 0 Å². The van der Waals surface area contributed by atoms with Crippen molar-refractivity contribution in [3.63, 3.8) is 0 Å². The van der Waals surface area contributed by atoms with Crippen molar-refractivity contribution in [2.24, 2.45) is 0 Å². The van der Waals surface area contributed by atoms with E-state index in [1.807, 2.05) is 66.7 Å². The lowest BCUT2D eigenvalue weighted by molar-refractivity contribution is 0.415. The number of hydrogen-bond donors (Lipinski definition) is 0. The molecule has 0 unspecified atom stereocenters. The van der Waals surface area contributed by atoms with E-state index in [9.17, 15) is 4.79 Å². The maximum atomic E-state index is 11.9. The van der Waals surface area contributed by atoms with Crippen molar-refractivity contribution >= 4 is 11.0 Å². The largest absolute Gasteiger partial charge is 0.497 e. The molecule has 1 aromatic heterocycles. The van der Waals surface area contributed by atoms with Crippen LogP contribution >= 0.6 is 0 Å². The lowest BCUT2D eigenvalue weighted by Gasteiger charge is -2.09. The second kappa shape index (κ2) is 6.29. The van der Waals surface area contributed by atoms with E-state index >= 15 is 0 Å². The molecule has 0 saturated carbocycles. The van der Waals surface area contributed by atoms with Gasteiger partial charge in [-0.3, -0.25) is 0 Å². The lowest BCUT2D eigenvalue weighted by atomic mass is 9.98. The first-order chi connectivity index (χ1) is 12.2. The molecule has 0 aliphatic heterocycles. The fraction of sp³-hybridized carbons (Fsp3) is 0.0455. The van der Waals surface area contributed by atoms with Crippen LogP contribution in [0.1, 0.15) is 0 Å². The summed E-state index contributed by atoms with van der Waals surface area (Å²) in [5, 5.41) is 0.916. The Bertz CT molecular complexity index is 1080. The van der Waals surface area contributed by atoms with E-state index in [4.69, 9.17) is 9.15 Å². The van der Waals surface area contributed by atoms with Crippen LogP contribution in [-0.2, 0) is 0 Å². The number of ether oxygens (including phenoxy) is 1. The van der Waals surface area contributed by atoms with Crippen LogP contribution in [0.3, 0.4) is 0 Å². The van der Waals surface area contributed by atoms with Crippen molar-refractivity contribution in [1.82, 2.24) is 0 Å². The summed E-state index contributed by atoms with van der Waals surface area (Å²) in [7, 11) is 1.65. The number of hydrogen-bond acceptors (Lipinski definition) is 3. The second-order valence-corrected chi connectivity index (χ2v) is 5.78. The average molecular weight is 328 g/mol. The Morgan fingerprint density at radius 1 is 0.760 bits per heavy atom. The minimum atomic E-state index is -0.344. The highest BCUT2D eigenvalue weighted by Gasteiger charge is 2.09. The molecule has 3 aromatic carbocycles. The SMILES string of the molecule is COc1ccc(-c2ccc3oc(=O)cc(-c4ccccc4)c3c2)cc1. The van der Waals surface area contributed by atoms with Crippen molar-refractivity contribution < 1.29 is 9.15 Å². The summed E-state index contributed by atoms with van der Waals surface area (Å²) in [5.74, 6) is 0.820. The van der Waals surface area contributed by atoms with E-state index in [0.717, 1.165) is 33.4 Å². The van der Waals surface area contributed by atoms with Crippen LogP contribution in [0.25, 0.3) is 33.2 Å². The standard InChI is InChI=1S/C22H16O3/c1-24-18-10-7-15(8-11-18)17-9-12-21-20(13-17)19(14-22(23)25-21)16-5-3-2-4-6-16/h2-14H,1H3. The van der Waals surface area contributed by atoms with E-state index in [1.54, 1.807) is 13.2 Å². The first-order valence-corrected chi connectivity index (χ1v) is 8.02. The Balaban J connectivity index is 1.92. The van der Waals surface area contributed by atoms with E-state index in [1.165, 1.54) is 0 Å². The maximum absolute atomic E-state index is 11.9. The van der Waals surface area contributed by atoms with Gasteiger partial charge in [-0.15, -0.1) is 0 Å². The van der Waals surface area contributed by atoms with Crippen LogP contribution in [-0.4, -0.2) is 7.11 Å². The molecule has 25 heavy (non-hydrogen) atoms. The van der Waals surface area contributed by atoms with Gasteiger partial charge in [0.1, 0.15) is 11.3 Å². The molecule has 0 radical (unpaired) electrons. The highest BCUT2D eigenvalue weighted by molar-refractivity contribution is 5.95. The van der Waals surface area contributed by atoms with Gasteiger partial charge in [-0.25, -0.2) is 4.79 Å². The van der Waals surface area contributed by atoms with Crippen LogP contribution in [0, 0.1) is 0 Å². The Hall–Kier alpha value is -3.33. The smallest absolute Gasteiger partial charge is 0.336 e. The second-order valence-electron chi connectivity index (χ2n) is 5.78. The number of rotatable bonds is 3. The van der Waals surface area contributed by atoms with Crippen molar-refractivity contribution in [3.05, 3.63) is 89.3 Å². The Morgan fingerprint density at radius 3 is 2.20 bits per heavy atom. The molecule has 0 aliphatic carbocycles. The molecule has 0 atom stereocenters. The molecule has 0 fully saturated rings. The minimum absolute atomic E-state index is 0.344. The summed E-state index contributed by atoms with van der Waals surface area (Å²) in [6.07, 6.45) is 0. The summed E-state index contributed by atoms with van der Waals surface area (Å²) < 4.78 is 10.6. The van der Waals surface area contributed by atoms with Gasteiger partial charge < -0.3 is 9.15 Å². The van der Waals surface area contributed by atoms with Gasteiger partial charge in [-0.05, 0) is 46.5 Å². The van der Waals surface area contributed by atoms with Crippen molar-refractivity contribution in [1.29, 1.82) is 0 Å². The topological polar surface area (TPSA) is 39.4 Å². The third-order valence-corrected chi connectivity index (χ3v) is 4.25. The van der Waals surface area contributed by atoms with E-state index in [-0.39, 0.29) is 5.63 Å². The van der Waals surface area contributed by atoms with Crippen LogP contribution in [0.15, 0.2) is 88.1 Å². The van der Waals surface area contributed by atoms with Crippen LogP contribution in [0.4, 0.5) is 0 Å². The normalized spacial score (nSPS) is 10.8.